The highest BCUT2D eigenvalue weighted by atomic mass is 16.4. The number of nitrogens with one attached hydrogen (secondary N) is 6. The quantitative estimate of drug-likeness (QED) is 0.0625. The molecule has 18 heteroatoms. The first kappa shape index (κ1) is 43.8. The predicted molar refractivity (Wildman–Crippen MR) is 190 cm³/mol. The normalized spacial score (nSPS) is 14.1. The molecular weight excluding hydrogens is 708 g/mol. The van der Waals surface area contributed by atoms with Gasteiger partial charge < -0.3 is 47.2 Å². The largest absolute Gasteiger partial charge is 0.481 e. The molecule has 0 aliphatic rings. The van der Waals surface area contributed by atoms with Gasteiger partial charge in [0.25, 0.3) is 0 Å². The van der Waals surface area contributed by atoms with Gasteiger partial charge in [-0.3, -0.25) is 43.2 Å². The summed E-state index contributed by atoms with van der Waals surface area (Å²) in [5.41, 5.74) is 1.29. The van der Waals surface area contributed by atoms with Crippen LogP contribution in [0, 0.1) is 5.92 Å². The Morgan fingerprint density at radius 2 is 0.815 bits per heavy atom. The van der Waals surface area contributed by atoms with Crippen molar-refractivity contribution in [2.75, 3.05) is 0 Å². The standard InChI is InChI=1S/C36H46N6O12/c1-20(2)21(3)38-33(51)25(14-22-10-6-4-7-11-22)39-34(52)26(15-23-12-8-5-9-13-23)40-35(53)28(18-31(48)49)42-36(54)27(17-30(46)47)41-32(50)24(37-19-43)16-29(44)45/h4-13,19-21,24-28H,14-18H2,1-3H3,(H,37,43)(H,38,51)(H,39,52)(H,40,53)(H,41,50)(H,42,54)(H,44,45)(H,46,47)(H,48,49). The van der Waals surface area contributed by atoms with Gasteiger partial charge in [0.2, 0.25) is 35.9 Å². The molecular formula is C36H46N6O12. The van der Waals surface area contributed by atoms with Crippen molar-refractivity contribution in [2.24, 2.45) is 5.92 Å². The Morgan fingerprint density at radius 3 is 1.17 bits per heavy atom. The highest BCUT2D eigenvalue weighted by molar-refractivity contribution is 5.98. The first-order chi connectivity index (χ1) is 25.5. The monoisotopic (exact) mass is 754 g/mol. The number of rotatable bonds is 23. The summed E-state index contributed by atoms with van der Waals surface area (Å²) < 4.78 is 0. The number of carbonyl (C=O) groups is 9. The zero-order chi connectivity index (χ0) is 40.4. The summed E-state index contributed by atoms with van der Waals surface area (Å²) in [6, 6.07) is 8.88. The molecule has 292 valence electrons. The van der Waals surface area contributed by atoms with E-state index < -0.39 is 96.9 Å². The number of hydrogen-bond acceptors (Lipinski definition) is 9. The van der Waals surface area contributed by atoms with Crippen molar-refractivity contribution in [3.63, 3.8) is 0 Å². The molecule has 2 aromatic rings. The van der Waals surface area contributed by atoms with Gasteiger partial charge in [0.1, 0.15) is 30.2 Å². The lowest BCUT2D eigenvalue weighted by molar-refractivity contribution is -0.144. The van der Waals surface area contributed by atoms with Crippen molar-refractivity contribution < 1.29 is 58.5 Å². The second kappa shape index (κ2) is 21.9. The van der Waals surface area contributed by atoms with E-state index in [9.17, 15) is 53.4 Å². The highest BCUT2D eigenvalue weighted by Gasteiger charge is 2.34. The Hall–Kier alpha value is -6.33. The minimum atomic E-state index is -1.96. The molecule has 0 spiro atoms. The maximum atomic E-state index is 13.9. The van der Waals surface area contributed by atoms with E-state index in [0.29, 0.717) is 5.56 Å². The Kier molecular flexibility index (Phi) is 17.8. The lowest BCUT2D eigenvalue weighted by atomic mass is 10.0. The number of carboxylic acid groups (broad SMARTS) is 3. The van der Waals surface area contributed by atoms with Crippen LogP contribution in [0.5, 0.6) is 0 Å². The molecule has 0 aliphatic carbocycles. The second-order valence-corrected chi connectivity index (χ2v) is 12.8. The lowest BCUT2D eigenvalue weighted by Crippen LogP contribution is -2.60. The third kappa shape index (κ3) is 15.5. The van der Waals surface area contributed by atoms with Gasteiger partial charge >= 0.3 is 17.9 Å². The van der Waals surface area contributed by atoms with E-state index in [0.717, 1.165) is 5.56 Å². The molecule has 9 N–H and O–H groups in total. The Labute approximate surface area is 310 Å². The van der Waals surface area contributed by atoms with Gasteiger partial charge in [-0.1, -0.05) is 74.5 Å². The van der Waals surface area contributed by atoms with E-state index in [-0.39, 0.29) is 31.2 Å². The second-order valence-electron chi connectivity index (χ2n) is 12.8. The molecule has 0 saturated carbocycles. The zero-order valence-electron chi connectivity index (χ0n) is 29.9. The third-order valence-electron chi connectivity index (χ3n) is 8.19. The van der Waals surface area contributed by atoms with Crippen LogP contribution >= 0.6 is 0 Å². The molecule has 2 aromatic carbocycles. The van der Waals surface area contributed by atoms with Crippen LogP contribution in [-0.4, -0.2) is 105 Å². The van der Waals surface area contributed by atoms with Crippen molar-refractivity contribution in [3.8, 4) is 0 Å². The van der Waals surface area contributed by atoms with E-state index in [1.54, 1.807) is 60.7 Å². The first-order valence-corrected chi connectivity index (χ1v) is 16.9. The number of benzene rings is 2. The van der Waals surface area contributed by atoms with Crippen molar-refractivity contribution >= 4 is 53.9 Å². The molecule has 0 aliphatic heterocycles. The number of carbonyl (C=O) groups excluding carboxylic acids is 6. The average Bonchev–Trinajstić information content (AvgIpc) is 3.10. The fraction of sp³-hybridized carbons (Fsp3) is 0.417. The van der Waals surface area contributed by atoms with Crippen LogP contribution < -0.4 is 31.9 Å². The van der Waals surface area contributed by atoms with E-state index in [4.69, 9.17) is 5.11 Å². The SMILES string of the molecule is CC(C)C(C)NC(=O)C(Cc1ccccc1)NC(=O)C(Cc1ccccc1)NC(=O)C(CC(=O)O)NC(=O)C(CC(=O)O)NC(=O)C(CC(=O)O)NC=O. The van der Waals surface area contributed by atoms with Crippen LogP contribution in [0.3, 0.4) is 0 Å². The molecule has 6 unspecified atom stereocenters. The van der Waals surface area contributed by atoms with Gasteiger partial charge in [-0.15, -0.1) is 0 Å². The van der Waals surface area contributed by atoms with Gasteiger partial charge in [-0.05, 0) is 24.0 Å². The maximum absolute atomic E-state index is 13.9. The molecule has 0 radical (unpaired) electrons. The van der Waals surface area contributed by atoms with Gasteiger partial charge in [0.15, 0.2) is 0 Å². The predicted octanol–water partition coefficient (Wildman–Crippen LogP) is -0.890. The summed E-state index contributed by atoms with van der Waals surface area (Å²) in [7, 11) is 0. The number of hydrogen-bond donors (Lipinski definition) is 9. The Bertz CT molecular complexity index is 1640. The fourth-order valence-corrected chi connectivity index (χ4v) is 4.95. The third-order valence-corrected chi connectivity index (χ3v) is 8.19. The summed E-state index contributed by atoms with van der Waals surface area (Å²) >= 11 is 0. The van der Waals surface area contributed by atoms with Gasteiger partial charge in [-0.25, -0.2) is 0 Å². The smallest absolute Gasteiger partial charge is 0.305 e. The number of carboxylic acids is 3. The van der Waals surface area contributed by atoms with E-state index in [2.05, 4.69) is 21.3 Å². The van der Waals surface area contributed by atoms with Crippen LogP contribution in [0.4, 0.5) is 0 Å². The van der Waals surface area contributed by atoms with Crippen molar-refractivity contribution in [3.05, 3.63) is 71.8 Å². The maximum Gasteiger partial charge on any atom is 0.305 e. The van der Waals surface area contributed by atoms with Crippen LogP contribution in [0.1, 0.15) is 51.2 Å². The van der Waals surface area contributed by atoms with Crippen LogP contribution in [0.2, 0.25) is 0 Å². The van der Waals surface area contributed by atoms with Gasteiger partial charge in [-0.2, -0.15) is 0 Å². The molecule has 18 nitrogen and oxygen atoms in total. The molecule has 0 aromatic heterocycles. The summed E-state index contributed by atoms with van der Waals surface area (Å²) in [6.45, 7) is 5.63. The number of aliphatic carboxylic acids is 3. The van der Waals surface area contributed by atoms with Gasteiger partial charge in [0, 0.05) is 18.9 Å². The van der Waals surface area contributed by atoms with E-state index >= 15 is 0 Å². The molecule has 2 rings (SSSR count). The summed E-state index contributed by atoms with van der Waals surface area (Å²) in [4.78, 5) is 112. The topological polar surface area (TPSA) is 286 Å². The highest BCUT2D eigenvalue weighted by Crippen LogP contribution is 2.10. The fourth-order valence-electron chi connectivity index (χ4n) is 4.95. The van der Waals surface area contributed by atoms with Crippen molar-refractivity contribution in [1.82, 2.24) is 31.9 Å². The lowest BCUT2D eigenvalue weighted by Gasteiger charge is -2.27. The van der Waals surface area contributed by atoms with Crippen LogP contribution in [0.15, 0.2) is 60.7 Å². The summed E-state index contributed by atoms with van der Waals surface area (Å²) in [6.07, 6.45) is -3.09. The molecule has 0 fully saturated rings. The molecule has 6 atom stereocenters. The minimum absolute atomic E-state index is 0.0250. The van der Waals surface area contributed by atoms with Crippen molar-refractivity contribution in [1.29, 1.82) is 0 Å². The molecule has 54 heavy (non-hydrogen) atoms. The minimum Gasteiger partial charge on any atom is -0.481 e. The zero-order valence-corrected chi connectivity index (χ0v) is 29.9. The molecule has 0 bridgehead atoms. The Morgan fingerprint density at radius 1 is 0.500 bits per heavy atom. The van der Waals surface area contributed by atoms with Crippen LogP contribution in [0.25, 0.3) is 0 Å². The molecule has 0 saturated heterocycles. The number of amides is 6. The summed E-state index contributed by atoms with van der Waals surface area (Å²) in [5, 5.41) is 42.1. The summed E-state index contributed by atoms with van der Waals surface area (Å²) in [5.74, 6) is -9.69. The Balaban J connectivity index is 2.41. The molecule has 0 heterocycles. The van der Waals surface area contributed by atoms with Gasteiger partial charge in [0.05, 0.1) is 19.3 Å². The first-order valence-electron chi connectivity index (χ1n) is 16.9. The van der Waals surface area contributed by atoms with Crippen molar-refractivity contribution in [2.45, 2.75) is 89.1 Å². The molecule has 6 amide bonds. The van der Waals surface area contributed by atoms with Crippen LogP contribution in [-0.2, 0) is 56.0 Å². The van der Waals surface area contributed by atoms with E-state index in [1.807, 2.05) is 31.4 Å². The average molecular weight is 755 g/mol. The van der Waals surface area contributed by atoms with E-state index in [1.165, 1.54) is 0 Å².